The number of hydrogen-bond acceptors (Lipinski definition) is 5. The zero-order valence-corrected chi connectivity index (χ0v) is 16.2. The summed E-state index contributed by atoms with van der Waals surface area (Å²) in [4.78, 5) is 19.4. The van der Waals surface area contributed by atoms with E-state index in [-0.39, 0.29) is 29.7 Å². The standard InChI is InChI=1S/C20H25F2N3O3/c1-13(2)9-20(3,28-19(23)26)12-27-18-5-4-16(25-17(18)11-22)14-6-7-24-15(8-14)10-21/h4-8,13H,9-12H2,1-3H3,(H2,23,26)/t20-/m0/s1. The van der Waals surface area contributed by atoms with Gasteiger partial charge in [-0.15, -0.1) is 0 Å². The molecule has 2 N–H and O–H groups in total. The summed E-state index contributed by atoms with van der Waals surface area (Å²) in [5, 5.41) is 0. The molecule has 0 spiro atoms. The first kappa shape index (κ1) is 21.5. The van der Waals surface area contributed by atoms with Crippen LogP contribution in [0.2, 0.25) is 0 Å². The molecule has 0 bridgehead atoms. The number of rotatable bonds is 9. The highest BCUT2D eigenvalue weighted by atomic mass is 19.1. The number of halogens is 2. The van der Waals surface area contributed by atoms with Gasteiger partial charge in [-0.2, -0.15) is 0 Å². The Bertz CT molecular complexity index is 817. The Kier molecular flexibility index (Phi) is 7.25. The van der Waals surface area contributed by atoms with E-state index in [4.69, 9.17) is 15.2 Å². The van der Waals surface area contributed by atoms with Gasteiger partial charge in [0.2, 0.25) is 0 Å². The molecule has 0 aliphatic heterocycles. The summed E-state index contributed by atoms with van der Waals surface area (Å²) in [5.74, 6) is 0.472. The van der Waals surface area contributed by atoms with Gasteiger partial charge in [0.05, 0.1) is 11.4 Å². The Labute approximate surface area is 163 Å². The Hall–Kier alpha value is -2.77. The van der Waals surface area contributed by atoms with Crippen molar-refractivity contribution in [1.29, 1.82) is 0 Å². The van der Waals surface area contributed by atoms with E-state index in [1.807, 2.05) is 13.8 Å². The highest BCUT2D eigenvalue weighted by Gasteiger charge is 2.31. The largest absolute Gasteiger partial charge is 0.487 e. The van der Waals surface area contributed by atoms with Crippen molar-refractivity contribution in [3.63, 3.8) is 0 Å². The van der Waals surface area contributed by atoms with Crippen LogP contribution >= 0.6 is 0 Å². The molecule has 2 aromatic rings. The molecule has 28 heavy (non-hydrogen) atoms. The van der Waals surface area contributed by atoms with Crippen LogP contribution in [0.3, 0.4) is 0 Å². The van der Waals surface area contributed by atoms with Crippen LogP contribution in [0, 0.1) is 5.92 Å². The monoisotopic (exact) mass is 393 g/mol. The normalized spacial score (nSPS) is 13.2. The third-order valence-electron chi connectivity index (χ3n) is 4.03. The van der Waals surface area contributed by atoms with Gasteiger partial charge in [0.15, 0.2) is 0 Å². The van der Waals surface area contributed by atoms with Gasteiger partial charge in [-0.1, -0.05) is 13.8 Å². The van der Waals surface area contributed by atoms with Crippen LogP contribution in [0.1, 0.15) is 38.6 Å². The summed E-state index contributed by atoms with van der Waals surface area (Å²) in [5.41, 5.74) is 5.70. The van der Waals surface area contributed by atoms with Gasteiger partial charge in [0.1, 0.15) is 37.0 Å². The summed E-state index contributed by atoms with van der Waals surface area (Å²) >= 11 is 0. The molecule has 0 aliphatic carbocycles. The van der Waals surface area contributed by atoms with E-state index in [1.165, 1.54) is 6.20 Å². The average Bonchev–Trinajstić information content (AvgIpc) is 2.65. The van der Waals surface area contributed by atoms with Crippen LogP contribution in [0.15, 0.2) is 30.5 Å². The highest BCUT2D eigenvalue weighted by molar-refractivity contribution is 5.65. The Morgan fingerprint density at radius 2 is 2.00 bits per heavy atom. The van der Waals surface area contributed by atoms with Crippen molar-refractivity contribution in [3.8, 4) is 17.0 Å². The first-order chi connectivity index (χ1) is 13.3. The molecule has 0 aromatic carbocycles. The topological polar surface area (TPSA) is 87.3 Å². The van der Waals surface area contributed by atoms with E-state index >= 15 is 0 Å². The minimum atomic E-state index is -0.951. The Morgan fingerprint density at radius 1 is 1.25 bits per heavy atom. The van der Waals surface area contributed by atoms with Gasteiger partial charge in [-0.25, -0.2) is 18.6 Å². The molecule has 0 saturated carbocycles. The second kappa shape index (κ2) is 9.43. The van der Waals surface area contributed by atoms with Gasteiger partial charge in [-0.3, -0.25) is 4.98 Å². The number of nitrogens with zero attached hydrogens (tertiary/aromatic N) is 2. The fourth-order valence-corrected chi connectivity index (χ4v) is 3.05. The maximum absolute atomic E-state index is 13.5. The lowest BCUT2D eigenvalue weighted by Crippen LogP contribution is -2.41. The lowest BCUT2D eigenvalue weighted by molar-refractivity contribution is -0.0190. The van der Waals surface area contributed by atoms with Crippen LogP contribution in [0.25, 0.3) is 11.3 Å². The number of pyridine rings is 2. The Balaban J connectivity index is 2.22. The number of ether oxygens (including phenoxy) is 2. The number of primary amides is 1. The number of carbonyl (C=O) groups is 1. The fourth-order valence-electron chi connectivity index (χ4n) is 3.05. The van der Waals surface area contributed by atoms with Gasteiger partial charge in [0, 0.05) is 11.8 Å². The van der Waals surface area contributed by atoms with Gasteiger partial charge < -0.3 is 15.2 Å². The first-order valence-electron chi connectivity index (χ1n) is 8.94. The van der Waals surface area contributed by atoms with E-state index in [0.717, 1.165) is 0 Å². The average molecular weight is 393 g/mol. The van der Waals surface area contributed by atoms with E-state index in [9.17, 15) is 13.6 Å². The van der Waals surface area contributed by atoms with Crippen molar-refractivity contribution in [2.45, 2.75) is 46.1 Å². The summed E-state index contributed by atoms with van der Waals surface area (Å²) in [6.45, 7) is 4.13. The first-order valence-corrected chi connectivity index (χ1v) is 8.94. The molecule has 0 radical (unpaired) electrons. The second-order valence-electron chi connectivity index (χ2n) is 7.20. The van der Waals surface area contributed by atoms with Crippen molar-refractivity contribution >= 4 is 6.09 Å². The maximum atomic E-state index is 13.5. The SMILES string of the molecule is CC(C)C[C@@](C)(COc1ccc(-c2ccnc(CF)c2)nc1CF)OC(N)=O. The highest BCUT2D eigenvalue weighted by Crippen LogP contribution is 2.27. The van der Waals surface area contributed by atoms with E-state index in [0.29, 0.717) is 17.7 Å². The van der Waals surface area contributed by atoms with Gasteiger partial charge >= 0.3 is 6.09 Å². The minimum absolute atomic E-state index is 0.00338. The molecule has 8 heteroatoms. The summed E-state index contributed by atoms with van der Waals surface area (Å²) in [6.07, 6.45) is 1.10. The third kappa shape index (κ3) is 5.87. The minimum Gasteiger partial charge on any atom is -0.487 e. The molecule has 0 unspecified atom stereocenters. The molecule has 0 saturated heterocycles. The number of hydrogen-bond donors (Lipinski definition) is 1. The fraction of sp³-hybridized carbons (Fsp3) is 0.450. The zero-order valence-electron chi connectivity index (χ0n) is 16.2. The van der Waals surface area contributed by atoms with Crippen molar-refractivity contribution in [2.24, 2.45) is 11.7 Å². The molecule has 6 nitrogen and oxygen atoms in total. The van der Waals surface area contributed by atoms with Crippen molar-refractivity contribution in [2.75, 3.05) is 6.61 Å². The quantitative estimate of drug-likeness (QED) is 0.684. The van der Waals surface area contributed by atoms with E-state index in [2.05, 4.69) is 9.97 Å². The van der Waals surface area contributed by atoms with Crippen LogP contribution < -0.4 is 10.5 Å². The van der Waals surface area contributed by atoms with Gasteiger partial charge in [-0.05, 0) is 43.5 Å². The summed E-state index contributed by atoms with van der Waals surface area (Å²) in [6, 6.07) is 6.48. The molecule has 0 fully saturated rings. The van der Waals surface area contributed by atoms with Crippen molar-refractivity contribution < 1.29 is 23.0 Å². The number of amides is 1. The van der Waals surface area contributed by atoms with Crippen molar-refractivity contribution in [3.05, 3.63) is 41.9 Å². The molecule has 1 amide bonds. The van der Waals surface area contributed by atoms with Gasteiger partial charge in [0.25, 0.3) is 0 Å². The predicted molar refractivity (Wildman–Crippen MR) is 101 cm³/mol. The summed E-state index contributed by atoms with van der Waals surface area (Å²) < 4.78 is 37.3. The summed E-state index contributed by atoms with van der Waals surface area (Å²) in [7, 11) is 0. The lowest BCUT2D eigenvalue weighted by atomic mass is 9.95. The smallest absolute Gasteiger partial charge is 0.405 e. The Morgan fingerprint density at radius 3 is 2.61 bits per heavy atom. The molecule has 0 aliphatic rings. The van der Waals surface area contributed by atoms with Crippen LogP contribution in [0.5, 0.6) is 5.75 Å². The predicted octanol–water partition coefficient (Wildman–Crippen LogP) is 4.36. The molecule has 2 aromatic heterocycles. The molecule has 1 atom stereocenters. The molecule has 152 valence electrons. The van der Waals surface area contributed by atoms with E-state index < -0.39 is 25.0 Å². The molecule has 2 rings (SSSR count). The molecule has 2 heterocycles. The molecular formula is C20H25F2N3O3. The van der Waals surface area contributed by atoms with Crippen molar-refractivity contribution in [1.82, 2.24) is 9.97 Å². The van der Waals surface area contributed by atoms with Crippen LogP contribution in [-0.2, 0) is 18.1 Å². The molecular weight excluding hydrogens is 368 g/mol. The number of nitrogens with two attached hydrogens (primary N) is 1. The second-order valence-corrected chi connectivity index (χ2v) is 7.20. The maximum Gasteiger partial charge on any atom is 0.405 e. The van der Waals surface area contributed by atoms with E-state index in [1.54, 1.807) is 31.2 Å². The van der Waals surface area contributed by atoms with Crippen LogP contribution in [-0.4, -0.2) is 28.3 Å². The third-order valence-corrected chi connectivity index (χ3v) is 4.03. The zero-order chi connectivity index (χ0) is 20.7. The number of carbonyl (C=O) groups excluding carboxylic acids is 1. The van der Waals surface area contributed by atoms with Crippen LogP contribution in [0.4, 0.5) is 13.6 Å². The number of aromatic nitrogens is 2. The number of alkyl halides is 2. The lowest BCUT2D eigenvalue weighted by Gasteiger charge is -2.30.